The summed E-state index contributed by atoms with van der Waals surface area (Å²) in [5.74, 6) is 2.97. The summed E-state index contributed by atoms with van der Waals surface area (Å²) in [4.78, 5) is 24.6. The summed E-state index contributed by atoms with van der Waals surface area (Å²) in [6.07, 6.45) is 7.23. The van der Waals surface area contributed by atoms with Gasteiger partial charge in [-0.2, -0.15) is 4.98 Å². The van der Waals surface area contributed by atoms with Gasteiger partial charge in [0, 0.05) is 30.9 Å². The summed E-state index contributed by atoms with van der Waals surface area (Å²) in [6, 6.07) is 5.81. The van der Waals surface area contributed by atoms with Gasteiger partial charge in [0.15, 0.2) is 5.82 Å². The van der Waals surface area contributed by atoms with E-state index in [-0.39, 0.29) is 5.91 Å². The van der Waals surface area contributed by atoms with Crippen LogP contribution in [0.25, 0.3) is 11.0 Å². The number of aromatic amines is 1. The Morgan fingerprint density at radius 3 is 2.96 bits per heavy atom. The van der Waals surface area contributed by atoms with Crippen molar-refractivity contribution in [3.8, 4) is 0 Å². The Morgan fingerprint density at radius 1 is 1.30 bits per heavy atom. The Hall–Kier alpha value is -2.70. The maximum Gasteiger partial charge on any atom is 0.226 e. The van der Waals surface area contributed by atoms with E-state index < -0.39 is 0 Å². The van der Waals surface area contributed by atoms with Crippen molar-refractivity contribution < 1.29 is 9.32 Å². The van der Waals surface area contributed by atoms with E-state index in [1.54, 1.807) is 0 Å². The molecule has 0 spiro atoms. The fourth-order valence-electron chi connectivity index (χ4n) is 3.32. The fourth-order valence-corrected chi connectivity index (χ4v) is 3.32. The van der Waals surface area contributed by atoms with E-state index in [1.165, 1.54) is 19.3 Å². The first-order valence-corrected chi connectivity index (χ1v) is 9.82. The largest absolute Gasteiger partial charge is 0.342 e. The van der Waals surface area contributed by atoms with E-state index >= 15 is 0 Å². The molecule has 7 nitrogen and oxygen atoms in total. The molecule has 0 bridgehead atoms. The molecule has 1 aliphatic carbocycles. The molecule has 1 amide bonds. The molecule has 0 atom stereocenters. The highest BCUT2D eigenvalue weighted by Crippen LogP contribution is 2.35. The van der Waals surface area contributed by atoms with Gasteiger partial charge in [-0.05, 0) is 43.9 Å². The quantitative estimate of drug-likeness (QED) is 0.624. The van der Waals surface area contributed by atoms with Crippen LogP contribution in [0, 0.1) is 0 Å². The standard InChI is InChI=1S/C20H25N5O2/c1-2-5-17-24-19(27-25-17)9-4-8-18(26)21-14-10-11-15-16(12-14)23-20(22-15)13-6-3-7-13/h10-13H,2-9H2,1H3,(H,21,26)(H,22,23). The minimum Gasteiger partial charge on any atom is -0.342 e. The van der Waals surface area contributed by atoms with E-state index in [9.17, 15) is 4.79 Å². The highest BCUT2D eigenvalue weighted by molar-refractivity contribution is 5.93. The highest BCUT2D eigenvalue weighted by Gasteiger charge is 2.22. The van der Waals surface area contributed by atoms with Gasteiger partial charge in [-0.15, -0.1) is 0 Å². The van der Waals surface area contributed by atoms with Gasteiger partial charge in [0.1, 0.15) is 5.82 Å². The summed E-state index contributed by atoms with van der Waals surface area (Å²) >= 11 is 0. The number of anilines is 1. The number of aryl methyl sites for hydroxylation is 2. The van der Waals surface area contributed by atoms with Crippen molar-refractivity contribution in [3.63, 3.8) is 0 Å². The smallest absolute Gasteiger partial charge is 0.226 e. The van der Waals surface area contributed by atoms with Crippen molar-refractivity contribution in [1.29, 1.82) is 0 Å². The number of benzene rings is 1. The molecule has 27 heavy (non-hydrogen) atoms. The molecule has 7 heteroatoms. The number of imidazole rings is 1. The van der Waals surface area contributed by atoms with Crippen LogP contribution in [0.1, 0.15) is 68.9 Å². The summed E-state index contributed by atoms with van der Waals surface area (Å²) < 4.78 is 5.20. The van der Waals surface area contributed by atoms with Gasteiger partial charge >= 0.3 is 0 Å². The molecule has 2 aromatic heterocycles. The molecule has 4 rings (SSSR count). The summed E-state index contributed by atoms with van der Waals surface area (Å²) in [5.41, 5.74) is 2.72. The van der Waals surface area contributed by atoms with Crippen molar-refractivity contribution in [2.75, 3.05) is 5.32 Å². The van der Waals surface area contributed by atoms with Crippen LogP contribution in [0.3, 0.4) is 0 Å². The Bertz CT molecular complexity index is 925. The minimum absolute atomic E-state index is 0.0126. The fraction of sp³-hybridized carbons (Fsp3) is 0.500. The molecule has 0 saturated heterocycles. The number of aromatic nitrogens is 4. The first-order chi connectivity index (χ1) is 13.2. The molecular weight excluding hydrogens is 342 g/mol. The third-order valence-electron chi connectivity index (χ3n) is 5.05. The van der Waals surface area contributed by atoms with Crippen LogP contribution in [0.15, 0.2) is 22.7 Å². The summed E-state index contributed by atoms with van der Waals surface area (Å²) in [6.45, 7) is 2.08. The van der Waals surface area contributed by atoms with Crippen LogP contribution in [0.2, 0.25) is 0 Å². The number of amides is 1. The first kappa shape index (κ1) is 17.7. The number of carbonyl (C=O) groups is 1. The molecule has 2 N–H and O–H groups in total. The van der Waals surface area contributed by atoms with E-state index in [4.69, 9.17) is 4.52 Å². The maximum absolute atomic E-state index is 12.2. The van der Waals surface area contributed by atoms with E-state index in [0.717, 1.165) is 41.2 Å². The van der Waals surface area contributed by atoms with Crippen molar-refractivity contribution >= 4 is 22.6 Å². The molecular formula is C20H25N5O2. The average Bonchev–Trinajstić information content (AvgIpc) is 3.20. The van der Waals surface area contributed by atoms with Crippen LogP contribution in [0.4, 0.5) is 5.69 Å². The SMILES string of the molecule is CCCc1noc(CCCC(=O)Nc2ccc3nc(C4CCC4)[nH]c3c2)n1. The summed E-state index contributed by atoms with van der Waals surface area (Å²) in [5, 5.41) is 6.89. The van der Waals surface area contributed by atoms with Crippen LogP contribution in [0.5, 0.6) is 0 Å². The number of nitrogens with zero attached hydrogens (tertiary/aromatic N) is 3. The predicted octanol–water partition coefficient (Wildman–Crippen LogP) is 4.13. The third-order valence-corrected chi connectivity index (χ3v) is 5.05. The Balaban J connectivity index is 1.29. The normalized spacial score (nSPS) is 14.4. The molecule has 0 radical (unpaired) electrons. The van der Waals surface area contributed by atoms with Gasteiger partial charge < -0.3 is 14.8 Å². The van der Waals surface area contributed by atoms with Gasteiger partial charge in [0.25, 0.3) is 0 Å². The number of fused-ring (bicyclic) bond motifs is 1. The van der Waals surface area contributed by atoms with Crippen LogP contribution < -0.4 is 5.32 Å². The van der Waals surface area contributed by atoms with Crippen molar-refractivity contribution in [1.82, 2.24) is 20.1 Å². The molecule has 142 valence electrons. The molecule has 1 saturated carbocycles. The second kappa shape index (κ2) is 7.90. The number of H-pyrrole nitrogens is 1. The molecule has 0 unspecified atom stereocenters. The molecule has 1 aromatic carbocycles. The molecule has 1 aliphatic rings. The van der Waals surface area contributed by atoms with E-state index in [2.05, 4.69) is 32.3 Å². The number of hydrogen-bond acceptors (Lipinski definition) is 5. The second-order valence-electron chi connectivity index (χ2n) is 7.24. The average molecular weight is 367 g/mol. The van der Waals surface area contributed by atoms with Crippen LogP contribution in [-0.2, 0) is 17.6 Å². The van der Waals surface area contributed by atoms with Gasteiger partial charge in [-0.3, -0.25) is 4.79 Å². The number of hydrogen-bond donors (Lipinski definition) is 2. The number of carbonyl (C=O) groups excluding carboxylic acids is 1. The minimum atomic E-state index is -0.0126. The van der Waals surface area contributed by atoms with Crippen LogP contribution in [-0.4, -0.2) is 26.0 Å². The van der Waals surface area contributed by atoms with E-state index in [1.807, 2.05) is 18.2 Å². The molecule has 1 fully saturated rings. The lowest BCUT2D eigenvalue weighted by molar-refractivity contribution is -0.116. The summed E-state index contributed by atoms with van der Waals surface area (Å²) in [7, 11) is 0. The Morgan fingerprint density at radius 2 is 2.19 bits per heavy atom. The maximum atomic E-state index is 12.2. The van der Waals surface area contributed by atoms with Crippen molar-refractivity contribution in [3.05, 3.63) is 35.7 Å². The lowest BCUT2D eigenvalue weighted by atomic mass is 9.85. The van der Waals surface area contributed by atoms with Crippen LogP contribution >= 0.6 is 0 Å². The zero-order valence-electron chi connectivity index (χ0n) is 15.6. The second-order valence-corrected chi connectivity index (χ2v) is 7.24. The number of rotatable bonds is 8. The van der Waals surface area contributed by atoms with Gasteiger partial charge in [0.2, 0.25) is 11.8 Å². The molecule has 2 heterocycles. The predicted molar refractivity (Wildman–Crippen MR) is 103 cm³/mol. The lowest BCUT2D eigenvalue weighted by Crippen LogP contribution is -2.11. The third kappa shape index (κ3) is 4.18. The Kier molecular flexibility index (Phi) is 5.18. The monoisotopic (exact) mass is 367 g/mol. The first-order valence-electron chi connectivity index (χ1n) is 9.82. The van der Waals surface area contributed by atoms with Gasteiger partial charge in [0.05, 0.1) is 11.0 Å². The Labute approximate surface area is 158 Å². The number of nitrogens with one attached hydrogen (secondary N) is 2. The van der Waals surface area contributed by atoms with Gasteiger partial charge in [-0.1, -0.05) is 18.5 Å². The topological polar surface area (TPSA) is 96.7 Å². The zero-order chi connectivity index (χ0) is 18.6. The van der Waals surface area contributed by atoms with Gasteiger partial charge in [-0.25, -0.2) is 4.98 Å². The zero-order valence-corrected chi connectivity index (χ0v) is 15.6. The highest BCUT2D eigenvalue weighted by atomic mass is 16.5. The van der Waals surface area contributed by atoms with E-state index in [0.29, 0.717) is 31.1 Å². The molecule has 3 aromatic rings. The lowest BCUT2D eigenvalue weighted by Gasteiger charge is -2.22. The molecule has 0 aliphatic heterocycles. The van der Waals surface area contributed by atoms with Crippen molar-refractivity contribution in [2.24, 2.45) is 0 Å². The van der Waals surface area contributed by atoms with Crippen molar-refractivity contribution in [2.45, 2.75) is 64.2 Å².